The summed E-state index contributed by atoms with van der Waals surface area (Å²) in [4.78, 5) is 12.4. The van der Waals surface area contributed by atoms with Gasteiger partial charge in [-0.15, -0.1) is 0 Å². The van der Waals surface area contributed by atoms with Gasteiger partial charge in [-0.3, -0.25) is 4.79 Å². The molecule has 5 nitrogen and oxygen atoms in total. The number of amides is 1. The molecule has 0 unspecified atom stereocenters. The highest BCUT2D eigenvalue weighted by molar-refractivity contribution is 14.1. The maximum atomic E-state index is 12.3. The molecule has 0 saturated heterocycles. The molecule has 2 aromatic carbocycles. The zero-order valence-electron chi connectivity index (χ0n) is 12.4. The number of hydrogen-bond acceptors (Lipinski definition) is 3. The molecule has 0 aromatic heterocycles. The second-order valence-corrected chi connectivity index (χ2v) is 8.79. The van der Waals surface area contributed by atoms with E-state index in [1.807, 2.05) is 22.6 Å². The fraction of sp³-hybridized carbons (Fsp3) is 0.188. The molecular weight excluding hydrogens is 463 g/mol. The van der Waals surface area contributed by atoms with Crippen molar-refractivity contribution in [2.45, 2.75) is 23.8 Å². The lowest BCUT2D eigenvalue weighted by atomic mass is 10.2. The zero-order chi connectivity index (χ0) is 17.3. The fourth-order valence-electron chi connectivity index (χ4n) is 2.07. The van der Waals surface area contributed by atoms with Gasteiger partial charge in [0.05, 0.1) is 9.92 Å². The first-order valence-electron chi connectivity index (χ1n) is 7.24. The molecule has 8 heteroatoms. The first kappa shape index (κ1) is 17.7. The molecule has 2 aromatic rings. The van der Waals surface area contributed by atoms with E-state index in [2.05, 4.69) is 10.0 Å². The van der Waals surface area contributed by atoms with E-state index >= 15 is 0 Å². The molecule has 3 rings (SSSR count). The Morgan fingerprint density at radius 3 is 2.58 bits per heavy atom. The summed E-state index contributed by atoms with van der Waals surface area (Å²) in [5, 5.41) is 3.28. The van der Waals surface area contributed by atoms with Crippen LogP contribution >= 0.6 is 34.2 Å². The molecule has 1 aliphatic carbocycles. The van der Waals surface area contributed by atoms with Crippen molar-refractivity contribution in [2.24, 2.45) is 0 Å². The van der Waals surface area contributed by atoms with Crippen LogP contribution in [0.2, 0.25) is 5.02 Å². The monoisotopic (exact) mass is 476 g/mol. The lowest BCUT2D eigenvalue weighted by Crippen LogP contribution is -2.25. The van der Waals surface area contributed by atoms with Crippen LogP contribution in [0.5, 0.6) is 0 Å². The van der Waals surface area contributed by atoms with Gasteiger partial charge in [0.1, 0.15) is 0 Å². The van der Waals surface area contributed by atoms with Crippen LogP contribution in [-0.2, 0) is 10.0 Å². The molecular formula is C16H14ClIN2O3S. The van der Waals surface area contributed by atoms with Gasteiger partial charge in [-0.1, -0.05) is 17.7 Å². The van der Waals surface area contributed by atoms with Gasteiger partial charge in [0.15, 0.2) is 0 Å². The van der Waals surface area contributed by atoms with Gasteiger partial charge in [-0.25, -0.2) is 13.1 Å². The van der Waals surface area contributed by atoms with E-state index < -0.39 is 10.0 Å². The molecule has 126 valence electrons. The first-order valence-corrected chi connectivity index (χ1v) is 10.2. The Hall–Kier alpha value is -1.16. The summed E-state index contributed by atoms with van der Waals surface area (Å²) in [6.07, 6.45) is 1.73. The molecule has 0 radical (unpaired) electrons. The molecule has 0 atom stereocenters. The van der Waals surface area contributed by atoms with E-state index in [9.17, 15) is 13.2 Å². The van der Waals surface area contributed by atoms with Gasteiger partial charge in [-0.2, -0.15) is 0 Å². The molecule has 1 fully saturated rings. The second kappa shape index (κ2) is 6.99. The number of carbonyl (C=O) groups excluding carboxylic acids is 1. The van der Waals surface area contributed by atoms with Crippen LogP contribution in [0.25, 0.3) is 0 Å². The SMILES string of the molecule is O=C(Nc1cccc(S(=O)(=O)NC2CC2)c1)c1ccc(Cl)c(I)c1. The Bertz CT molecular complexity index is 898. The Labute approximate surface area is 159 Å². The van der Waals surface area contributed by atoms with Gasteiger partial charge >= 0.3 is 0 Å². The van der Waals surface area contributed by atoms with E-state index in [1.165, 1.54) is 12.1 Å². The van der Waals surface area contributed by atoms with Gasteiger partial charge in [0.2, 0.25) is 10.0 Å². The number of sulfonamides is 1. The maximum Gasteiger partial charge on any atom is 0.255 e. The summed E-state index contributed by atoms with van der Waals surface area (Å²) in [5.74, 6) is -0.325. The van der Waals surface area contributed by atoms with E-state index in [4.69, 9.17) is 11.6 Å². The highest BCUT2D eigenvalue weighted by Crippen LogP contribution is 2.24. The van der Waals surface area contributed by atoms with E-state index in [0.717, 1.165) is 16.4 Å². The Kier molecular flexibility index (Phi) is 5.14. The van der Waals surface area contributed by atoms with E-state index in [-0.39, 0.29) is 16.8 Å². The summed E-state index contributed by atoms with van der Waals surface area (Å²) in [6.45, 7) is 0. The number of nitrogens with one attached hydrogen (secondary N) is 2. The molecule has 24 heavy (non-hydrogen) atoms. The lowest BCUT2D eigenvalue weighted by molar-refractivity contribution is 0.102. The van der Waals surface area contributed by atoms with Crippen LogP contribution in [0.3, 0.4) is 0 Å². The van der Waals surface area contributed by atoms with Crippen LogP contribution in [-0.4, -0.2) is 20.4 Å². The van der Waals surface area contributed by atoms with E-state index in [1.54, 1.807) is 30.3 Å². The fourth-order valence-corrected chi connectivity index (χ4v) is 4.05. The topological polar surface area (TPSA) is 75.3 Å². The summed E-state index contributed by atoms with van der Waals surface area (Å²) >= 11 is 8.00. The van der Waals surface area contributed by atoms with Crippen LogP contribution in [0.15, 0.2) is 47.4 Å². The third kappa shape index (κ3) is 4.27. The number of benzene rings is 2. The van der Waals surface area contributed by atoms with Gasteiger partial charge < -0.3 is 5.32 Å². The minimum absolute atomic E-state index is 0.0318. The van der Waals surface area contributed by atoms with Gasteiger partial charge in [0.25, 0.3) is 5.91 Å². The van der Waals surface area contributed by atoms with Crippen molar-refractivity contribution in [3.8, 4) is 0 Å². The lowest BCUT2D eigenvalue weighted by Gasteiger charge is -2.09. The third-order valence-corrected chi connectivity index (χ3v) is 6.54. The standard InChI is InChI=1S/C16H14ClIN2O3S/c17-14-7-4-10(8-15(14)18)16(21)19-12-2-1-3-13(9-12)24(22,23)20-11-5-6-11/h1-4,7-9,11,20H,5-6H2,(H,19,21). The molecule has 0 aliphatic heterocycles. The molecule has 1 amide bonds. The van der Waals surface area contributed by atoms with Crippen LogP contribution in [0, 0.1) is 3.57 Å². The summed E-state index contributed by atoms with van der Waals surface area (Å²) in [6, 6.07) is 11.2. The number of hydrogen-bond donors (Lipinski definition) is 2. The first-order chi connectivity index (χ1) is 11.3. The highest BCUT2D eigenvalue weighted by atomic mass is 127. The predicted molar refractivity (Wildman–Crippen MR) is 102 cm³/mol. The molecule has 1 aliphatic rings. The predicted octanol–water partition coefficient (Wildman–Crippen LogP) is 3.64. The molecule has 1 saturated carbocycles. The normalized spacial score (nSPS) is 14.4. The summed E-state index contributed by atoms with van der Waals surface area (Å²) in [7, 11) is -3.55. The minimum Gasteiger partial charge on any atom is -0.322 e. The minimum atomic E-state index is -3.55. The smallest absolute Gasteiger partial charge is 0.255 e. The maximum absolute atomic E-state index is 12.3. The number of rotatable bonds is 5. The van der Waals surface area contributed by atoms with Crippen molar-refractivity contribution in [1.29, 1.82) is 0 Å². The average Bonchev–Trinajstić information content (AvgIpc) is 3.33. The quantitative estimate of drug-likeness (QED) is 0.647. The molecule has 0 heterocycles. The Balaban J connectivity index is 1.78. The van der Waals surface area contributed by atoms with Gasteiger partial charge in [-0.05, 0) is 71.8 Å². The number of halogens is 2. The van der Waals surface area contributed by atoms with Crippen LogP contribution in [0.1, 0.15) is 23.2 Å². The van der Waals surface area contributed by atoms with Crippen molar-refractivity contribution in [2.75, 3.05) is 5.32 Å². The number of anilines is 1. The second-order valence-electron chi connectivity index (χ2n) is 5.51. The largest absolute Gasteiger partial charge is 0.322 e. The average molecular weight is 477 g/mol. The van der Waals surface area contributed by atoms with Crippen molar-refractivity contribution < 1.29 is 13.2 Å². The zero-order valence-corrected chi connectivity index (χ0v) is 16.2. The Morgan fingerprint density at radius 1 is 1.17 bits per heavy atom. The van der Waals surface area contributed by atoms with Crippen molar-refractivity contribution in [1.82, 2.24) is 4.72 Å². The van der Waals surface area contributed by atoms with Crippen molar-refractivity contribution in [3.63, 3.8) is 0 Å². The molecule has 0 spiro atoms. The third-order valence-electron chi connectivity index (χ3n) is 3.48. The van der Waals surface area contributed by atoms with Crippen LogP contribution < -0.4 is 10.0 Å². The van der Waals surface area contributed by atoms with E-state index in [0.29, 0.717) is 16.3 Å². The highest BCUT2D eigenvalue weighted by Gasteiger charge is 2.28. The summed E-state index contributed by atoms with van der Waals surface area (Å²) < 4.78 is 27.9. The number of carbonyl (C=O) groups is 1. The Morgan fingerprint density at radius 2 is 1.92 bits per heavy atom. The van der Waals surface area contributed by atoms with Gasteiger partial charge in [0, 0.05) is 20.9 Å². The van der Waals surface area contributed by atoms with Crippen LogP contribution in [0.4, 0.5) is 5.69 Å². The molecule has 2 N–H and O–H groups in total. The van der Waals surface area contributed by atoms with Crippen molar-refractivity contribution >= 4 is 55.8 Å². The summed E-state index contributed by atoms with van der Waals surface area (Å²) in [5.41, 5.74) is 0.872. The molecule has 0 bridgehead atoms. The van der Waals surface area contributed by atoms with Crippen molar-refractivity contribution in [3.05, 3.63) is 56.6 Å².